The molecule has 0 amide bonds. The number of nitrogens with two attached hydrogens (primary N) is 1. The highest BCUT2D eigenvalue weighted by atomic mass is 16.6. The van der Waals surface area contributed by atoms with Crippen molar-refractivity contribution in [3.63, 3.8) is 0 Å². The number of aliphatic hydroxyl groups is 3. The molecule has 10 nitrogen and oxygen atoms in total. The number of aromatic nitrogens is 4. The average molecular weight is 297 g/mol. The second kappa shape index (κ2) is 4.49. The van der Waals surface area contributed by atoms with E-state index in [1.807, 2.05) is 0 Å². The van der Waals surface area contributed by atoms with E-state index in [4.69, 9.17) is 10.5 Å². The molecule has 0 bridgehead atoms. The first-order chi connectivity index (χ1) is 9.86. The first-order valence-corrected chi connectivity index (χ1v) is 6.25. The summed E-state index contributed by atoms with van der Waals surface area (Å²) in [6.45, 7) is 0.900. The van der Waals surface area contributed by atoms with E-state index >= 15 is 0 Å². The first-order valence-electron chi connectivity index (χ1n) is 6.25. The van der Waals surface area contributed by atoms with Crippen LogP contribution in [-0.2, 0) is 4.74 Å². The number of hydrogen-bond acceptors (Lipinski definition) is 8. The summed E-state index contributed by atoms with van der Waals surface area (Å²) in [7, 11) is 0. The number of aliphatic hydroxyl groups excluding tert-OH is 2. The van der Waals surface area contributed by atoms with Gasteiger partial charge in [-0.3, -0.25) is 14.3 Å². The molecule has 1 aliphatic rings. The molecule has 0 spiro atoms. The lowest BCUT2D eigenvalue weighted by Crippen LogP contribution is -2.44. The highest BCUT2D eigenvalue weighted by Crippen LogP contribution is 2.38. The third-order valence-corrected chi connectivity index (χ3v) is 3.64. The molecule has 1 fully saturated rings. The van der Waals surface area contributed by atoms with Gasteiger partial charge in [0.2, 0.25) is 5.95 Å². The van der Waals surface area contributed by atoms with Gasteiger partial charge in [-0.2, -0.15) is 4.98 Å². The molecule has 0 aromatic carbocycles. The smallest absolute Gasteiger partial charge is 0.280 e. The number of ether oxygens (including phenoxy) is 1. The third-order valence-electron chi connectivity index (χ3n) is 3.64. The first kappa shape index (κ1) is 13.9. The summed E-state index contributed by atoms with van der Waals surface area (Å²) < 4.78 is 6.76. The number of nitrogens with one attached hydrogen (secondary N) is 1. The Morgan fingerprint density at radius 2 is 2.33 bits per heavy atom. The van der Waals surface area contributed by atoms with Gasteiger partial charge < -0.3 is 25.8 Å². The van der Waals surface area contributed by atoms with E-state index in [1.54, 1.807) is 0 Å². The lowest BCUT2D eigenvalue weighted by atomic mass is 9.96. The van der Waals surface area contributed by atoms with Crippen molar-refractivity contribution in [2.45, 2.75) is 31.0 Å². The van der Waals surface area contributed by atoms with E-state index < -0.39 is 36.2 Å². The lowest BCUT2D eigenvalue weighted by Gasteiger charge is -2.27. The molecule has 10 heteroatoms. The molecule has 2 aromatic heterocycles. The number of aromatic amines is 1. The minimum absolute atomic E-state index is 0.0329. The van der Waals surface area contributed by atoms with Crippen molar-refractivity contribution < 1.29 is 20.1 Å². The molecule has 3 heterocycles. The minimum atomic E-state index is -1.69. The molecular formula is C11H15N5O5. The van der Waals surface area contributed by atoms with Crippen LogP contribution in [0.2, 0.25) is 0 Å². The summed E-state index contributed by atoms with van der Waals surface area (Å²) in [4.78, 5) is 21.9. The number of nitrogens with zero attached hydrogens (tertiary/aromatic N) is 3. The minimum Gasteiger partial charge on any atom is -0.394 e. The van der Waals surface area contributed by atoms with E-state index in [-0.39, 0.29) is 17.1 Å². The van der Waals surface area contributed by atoms with E-state index in [0.29, 0.717) is 0 Å². The van der Waals surface area contributed by atoms with Crippen LogP contribution in [0.5, 0.6) is 0 Å². The zero-order valence-electron chi connectivity index (χ0n) is 11.1. The summed E-state index contributed by atoms with van der Waals surface area (Å²) in [5.74, 6) is -0.105. The molecular weight excluding hydrogens is 282 g/mol. The summed E-state index contributed by atoms with van der Waals surface area (Å²) in [6, 6.07) is 0. The lowest BCUT2D eigenvalue weighted by molar-refractivity contribution is -0.0950. The predicted molar refractivity (Wildman–Crippen MR) is 70.2 cm³/mol. The predicted octanol–water partition coefficient (Wildman–Crippen LogP) is -2.30. The van der Waals surface area contributed by atoms with Gasteiger partial charge in [0.1, 0.15) is 17.8 Å². The Kier molecular flexibility index (Phi) is 2.99. The van der Waals surface area contributed by atoms with Crippen LogP contribution in [0, 0.1) is 0 Å². The molecule has 0 aliphatic carbocycles. The van der Waals surface area contributed by atoms with Crippen molar-refractivity contribution >= 4 is 17.1 Å². The topological polar surface area (TPSA) is 160 Å². The SMILES string of the molecule is C[C@@]1(O)[C@@H](O)[C@@H](CO)O[C@H]1n1cnc2c(=O)[nH]c(N)nc21. The molecule has 21 heavy (non-hydrogen) atoms. The Labute approximate surface area is 117 Å². The third kappa shape index (κ3) is 1.92. The van der Waals surface area contributed by atoms with Gasteiger partial charge in [0.05, 0.1) is 12.9 Å². The van der Waals surface area contributed by atoms with Crippen molar-refractivity contribution in [3.8, 4) is 0 Å². The molecule has 0 unspecified atom stereocenters. The highest BCUT2D eigenvalue weighted by molar-refractivity contribution is 5.70. The van der Waals surface area contributed by atoms with Crippen molar-refractivity contribution in [3.05, 3.63) is 16.7 Å². The summed E-state index contributed by atoms with van der Waals surface area (Å²) >= 11 is 0. The Morgan fingerprint density at radius 3 is 2.95 bits per heavy atom. The van der Waals surface area contributed by atoms with Crippen molar-refractivity contribution in [2.75, 3.05) is 12.3 Å². The van der Waals surface area contributed by atoms with E-state index in [2.05, 4.69) is 15.0 Å². The van der Waals surface area contributed by atoms with Gasteiger partial charge in [-0.1, -0.05) is 0 Å². The molecule has 1 saturated heterocycles. The van der Waals surface area contributed by atoms with Crippen LogP contribution in [0.3, 0.4) is 0 Å². The van der Waals surface area contributed by atoms with Crippen LogP contribution < -0.4 is 11.3 Å². The van der Waals surface area contributed by atoms with Crippen LogP contribution in [0.1, 0.15) is 13.2 Å². The monoisotopic (exact) mass is 297 g/mol. The maximum absolute atomic E-state index is 11.7. The number of anilines is 1. The number of hydrogen-bond donors (Lipinski definition) is 5. The fourth-order valence-corrected chi connectivity index (χ4v) is 2.50. The Morgan fingerprint density at radius 1 is 1.62 bits per heavy atom. The summed E-state index contributed by atoms with van der Waals surface area (Å²) in [5, 5.41) is 29.6. The van der Waals surface area contributed by atoms with E-state index in [1.165, 1.54) is 17.8 Å². The van der Waals surface area contributed by atoms with Crippen molar-refractivity contribution in [1.82, 2.24) is 19.5 Å². The fraction of sp³-hybridized carbons (Fsp3) is 0.545. The van der Waals surface area contributed by atoms with E-state index in [0.717, 1.165) is 0 Å². The molecule has 3 rings (SSSR count). The number of fused-ring (bicyclic) bond motifs is 1. The van der Waals surface area contributed by atoms with Gasteiger partial charge in [0.15, 0.2) is 17.4 Å². The van der Waals surface area contributed by atoms with Gasteiger partial charge in [-0.05, 0) is 6.92 Å². The Balaban J connectivity index is 2.15. The standard InChI is InChI=1S/C11H15N5O5/c1-11(20)6(18)4(2-17)21-9(11)16-3-13-5-7(16)14-10(12)15-8(5)19/h3-4,6,9,17-18,20H,2H2,1H3,(H3,12,14,15,19)/t4-,6+,9-,11-/m1/s1. The molecule has 2 aromatic rings. The Hall–Kier alpha value is -2.01. The molecule has 0 radical (unpaired) electrons. The summed E-state index contributed by atoms with van der Waals surface area (Å²) in [5.41, 5.74) is 3.44. The fourth-order valence-electron chi connectivity index (χ4n) is 2.50. The second-order valence-electron chi connectivity index (χ2n) is 5.16. The molecule has 6 N–H and O–H groups in total. The molecule has 1 aliphatic heterocycles. The average Bonchev–Trinajstić information content (AvgIpc) is 2.91. The molecule has 114 valence electrons. The highest BCUT2D eigenvalue weighted by Gasteiger charge is 2.53. The van der Waals surface area contributed by atoms with Crippen LogP contribution in [0.25, 0.3) is 11.2 Å². The number of nitrogen functional groups attached to an aromatic ring is 1. The van der Waals surface area contributed by atoms with Crippen LogP contribution >= 0.6 is 0 Å². The maximum Gasteiger partial charge on any atom is 0.280 e. The van der Waals surface area contributed by atoms with Gasteiger partial charge in [0.25, 0.3) is 5.56 Å². The largest absolute Gasteiger partial charge is 0.394 e. The van der Waals surface area contributed by atoms with Crippen LogP contribution in [0.4, 0.5) is 5.95 Å². The van der Waals surface area contributed by atoms with Gasteiger partial charge in [-0.15, -0.1) is 0 Å². The normalized spacial score (nSPS) is 32.9. The van der Waals surface area contributed by atoms with Crippen LogP contribution in [0.15, 0.2) is 11.1 Å². The van der Waals surface area contributed by atoms with Crippen molar-refractivity contribution in [2.24, 2.45) is 0 Å². The number of H-pyrrole nitrogens is 1. The molecule has 4 atom stereocenters. The van der Waals surface area contributed by atoms with Gasteiger partial charge in [-0.25, -0.2) is 4.98 Å². The number of imidazole rings is 1. The van der Waals surface area contributed by atoms with Crippen molar-refractivity contribution in [1.29, 1.82) is 0 Å². The summed E-state index contributed by atoms with van der Waals surface area (Å²) in [6.07, 6.45) is -2.06. The zero-order chi connectivity index (χ0) is 15.4. The van der Waals surface area contributed by atoms with Crippen LogP contribution in [-0.4, -0.2) is 59.3 Å². The van der Waals surface area contributed by atoms with E-state index in [9.17, 15) is 20.1 Å². The maximum atomic E-state index is 11.7. The quantitative estimate of drug-likeness (QED) is 0.414. The van der Waals surface area contributed by atoms with Gasteiger partial charge in [0, 0.05) is 0 Å². The number of rotatable bonds is 2. The second-order valence-corrected chi connectivity index (χ2v) is 5.16. The Bertz CT molecular complexity index is 738. The molecule has 0 saturated carbocycles. The van der Waals surface area contributed by atoms with Gasteiger partial charge >= 0.3 is 0 Å². The zero-order valence-corrected chi connectivity index (χ0v) is 11.1.